The molecule has 17 heavy (non-hydrogen) atoms. The lowest BCUT2D eigenvalue weighted by Crippen LogP contribution is -2.45. The van der Waals surface area contributed by atoms with Crippen molar-refractivity contribution in [3.8, 4) is 0 Å². The van der Waals surface area contributed by atoms with Gasteiger partial charge in [0.05, 0.1) is 6.04 Å². The molecular weight excluding hydrogens is 216 g/mol. The molecule has 1 aliphatic heterocycles. The van der Waals surface area contributed by atoms with E-state index >= 15 is 0 Å². The number of hydrogen-bond donors (Lipinski definition) is 1. The standard InChI is InChI=1S/C13H16N2O2/c14-9-11(10-5-2-1-3-6-10)15-12(16)7-4-8-13(15)17/h1-3,5-6,11H,4,7-9,14H2. The zero-order valence-electron chi connectivity index (χ0n) is 9.63. The quantitative estimate of drug-likeness (QED) is 0.797. The molecule has 0 aliphatic carbocycles. The van der Waals surface area contributed by atoms with Gasteiger partial charge in [-0.2, -0.15) is 0 Å². The van der Waals surface area contributed by atoms with Gasteiger partial charge in [-0.15, -0.1) is 0 Å². The SMILES string of the molecule is NCC(c1ccccc1)N1C(=O)CCCC1=O. The number of hydrogen-bond acceptors (Lipinski definition) is 3. The monoisotopic (exact) mass is 232 g/mol. The highest BCUT2D eigenvalue weighted by atomic mass is 16.2. The molecule has 90 valence electrons. The molecule has 2 N–H and O–H groups in total. The summed E-state index contributed by atoms with van der Waals surface area (Å²) in [4.78, 5) is 25.0. The van der Waals surface area contributed by atoms with Crippen molar-refractivity contribution in [2.45, 2.75) is 25.3 Å². The molecule has 0 spiro atoms. The van der Waals surface area contributed by atoms with Gasteiger partial charge in [-0.1, -0.05) is 30.3 Å². The van der Waals surface area contributed by atoms with Crippen molar-refractivity contribution in [2.75, 3.05) is 6.54 Å². The minimum atomic E-state index is -0.323. The molecule has 1 saturated heterocycles. The van der Waals surface area contributed by atoms with Crippen molar-refractivity contribution in [2.24, 2.45) is 5.73 Å². The van der Waals surface area contributed by atoms with Gasteiger partial charge in [-0.25, -0.2) is 0 Å². The van der Waals surface area contributed by atoms with E-state index in [1.807, 2.05) is 30.3 Å². The summed E-state index contributed by atoms with van der Waals surface area (Å²) in [6.07, 6.45) is 1.53. The fourth-order valence-electron chi connectivity index (χ4n) is 2.18. The summed E-state index contributed by atoms with van der Waals surface area (Å²) in [6, 6.07) is 9.14. The fourth-order valence-corrected chi connectivity index (χ4v) is 2.18. The molecule has 1 fully saturated rings. The van der Waals surface area contributed by atoms with E-state index in [0.29, 0.717) is 19.3 Å². The molecule has 1 unspecified atom stereocenters. The van der Waals surface area contributed by atoms with Crippen LogP contribution in [0.4, 0.5) is 0 Å². The first-order valence-corrected chi connectivity index (χ1v) is 5.84. The van der Waals surface area contributed by atoms with Crippen LogP contribution in [0.2, 0.25) is 0 Å². The van der Waals surface area contributed by atoms with E-state index < -0.39 is 0 Å². The average molecular weight is 232 g/mol. The van der Waals surface area contributed by atoms with Gasteiger partial charge in [-0.3, -0.25) is 14.5 Å². The van der Waals surface area contributed by atoms with Crippen LogP contribution in [0.5, 0.6) is 0 Å². The second kappa shape index (κ2) is 5.10. The lowest BCUT2D eigenvalue weighted by Gasteiger charge is -2.32. The molecule has 1 aromatic rings. The molecule has 2 rings (SSSR count). The number of benzene rings is 1. The van der Waals surface area contributed by atoms with Crippen LogP contribution >= 0.6 is 0 Å². The van der Waals surface area contributed by atoms with Crippen LogP contribution in [0.15, 0.2) is 30.3 Å². The van der Waals surface area contributed by atoms with Crippen molar-refractivity contribution < 1.29 is 9.59 Å². The fraction of sp³-hybridized carbons (Fsp3) is 0.385. The van der Waals surface area contributed by atoms with Crippen molar-refractivity contribution in [3.63, 3.8) is 0 Å². The molecule has 2 amide bonds. The number of nitrogens with two attached hydrogens (primary N) is 1. The maximum Gasteiger partial charge on any atom is 0.229 e. The highest BCUT2D eigenvalue weighted by Gasteiger charge is 2.32. The molecule has 0 aromatic heterocycles. The second-order valence-corrected chi connectivity index (χ2v) is 4.17. The van der Waals surface area contributed by atoms with Gasteiger partial charge in [-0.05, 0) is 12.0 Å². The summed E-state index contributed by atoms with van der Waals surface area (Å²) in [5.74, 6) is -0.221. The van der Waals surface area contributed by atoms with E-state index in [2.05, 4.69) is 0 Å². The van der Waals surface area contributed by atoms with Crippen LogP contribution in [0.1, 0.15) is 30.9 Å². The first-order valence-electron chi connectivity index (χ1n) is 5.84. The van der Waals surface area contributed by atoms with Crippen LogP contribution in [0, 0.1) is 0 Å². The van der Waals surface area contributed by atoms with Crippen LogP contribution in [-0.4, -0.2) is 23.3 Å². The molecule has 4 nitrogen and oxygen atoms in total. The smallest absolute Gasteiger partial charge is 0.229 e. The maximum absolute atomic E-state index is 11.8. The Balaban J connectivity index is 2.29. The molecule has 1 aliphatic rings. The Bertz CT molecular complexity index is 401. The van der Waals surface area contributed by atoms with E-state index in [9.17, 15) is 9.59 Å². The number of piperidine rings is 1. The molecular formula is C13H16N2O2. The van der Waals surface area contributed by atoms with Gasteiger partial charge in [0.25, 0.3) is 0 Å². The predicted molar refractivity (Wildman–Crippen MR) is 63.9 cm³/mol. The number of nitrogens with zero attached hydrogens (tertiary/aromatic N) is 1. The molecule has 0 saturated carbocycles. The Hall–Kier alpha value is -1.68. The summed E-state index contributed by atoms with van der Waals surface area (Å²) < 4.78 is 0. The third-order valence-corrected chi connectivity index (χ3v) is 3.04. The Kier molecular flexibility index (Phi) is 3.54. The summed E-state index contributed by atoms with van der Waals surface area (Å²) in [6.45, 7) is 0.265. The third-order valence-electron chi connectivity index (χ3n) is 3.04. The minimum Gasteiger partial charge on any atom is -0.328 e. The van der Waals surface area contributed by atoms with Gasteiger partial charge >= 0.3 is 0 Å². The molecule has 0 bridgehead atoms. The normalized spacial score (nSPS) is 18.3. The summed E-state index contributed by atoms with van der Waals surface area (Å²) in [5, 5.41) is 0. The van der Waals surface area contributed by atoms with E-state index in [1.165, 1.54) is 4.90 Å². The first kappa shape index (κ1) is 11.8. The summed E-state index contributed by atoms with van der Waals surface area (Å²) in [5.41, 5.74) is 6.63. The van der Waals surface area contributed by atoms with Gasteiger partial charge in [0.2, 0.25) is 11.8 Å². The van der Waals surface area contributed by atoms with Crippen LogP contribution in [-0.2, 0) is 9.59 Å². The van der Waals surface area contributed by atoms with Crippen molar-refractivity contribution in [1.82, 2.24) is 4.90 Å². The van der Waals surface area contributed by atoms with Crippen molar-refractivity contribution in [3.05, 3.63) is 35.9 Å². The number of amides is 2. The van der Waals surface area contributed by atoms with E-state index in [0.717, 1.165) is 5.56 Å². The average Bonchev–Trinajstić information content (AvgIpc) is 2.35. The zero-order valence-corrected chi connectivity index (χ0v) is 9.63. The maximum atomic E-state index is 11.8. The summed E-state index contributed by atoms with van der Waals surface area (Å²) in [7, 11) is 0. The highest BCUT2D eigenvalue weighted by Crippen LogP contribution is 2.25. The molecule has 1 atom stereocenters. The first-order chi connectivity index (χ1) is 8.24. The Morgan fingerprint density at radius 1 is 1.12 bits per heavy atom. The van der Waals surface area contributed by atoms with Gasteiger partial charge in [0.1, 0.15) is 0 Å². The Morgan fingerprint density at radius 3 is 2.24 bits per heavy atom. The van der Waals surface area contributed by atoms with Gasteiger partial charge in [0.15, 0.2) is 0 Å². The highest BCUT2D eigenvalue weighted by molar-refractivity contribution is 5.98. The van der Waals surface area contributed by atoms with Gasteiger partial charge in [0, 0.05) is 19.4 Å². The van der Waals surface area contributed by atoms with Crippen LogP contribution in [0.3, 0.4) is 0 Å². The zero-order chi connectivity index (χ0) is 12.3. The second-order valence-electron chi connectivity index (χ2n) is 4.17. The molecule has 0 radical (unpaired) electrons. The van der Waals surface area contributed by atoms with Gasteiger partial charge < -0.3 is 5.73 Å². The van der Waals surface area contributed by atoms with Crippen molar-refractivity contribution >= 4 is 11.8 Å². The Morgan fingerprint density at radius 2 is 1.71 bits per heavy atom. The van der Waals surface area contributed by atoms with Crippen LogP contribution < -0.4 is 5.73 Å². The molecule has 1 heterocycles. The van der Waals surface area contributed by atoms with Crippen molar-refractivity contribution in [1.29, 1.82) is 0 Å². The Labute approximate surface area is 100 Å². The number of carbonyl (C=O) groups excluding carboxylic acids is 2. The number of imide groups is 1. The van der Waals surface area contributed by atoms with E-state index in [4.69, 9.17) is 5.73 Å². The minimum absolute atomic E-state index is 0.111. The van der Waals surface area contributed by atoms with E-state index in [-0.39, 0.29) is 24.4 Å². The van der Waals surface area contributed by atoms with Crippen LogP contribution in [0.25, 0.3) is 0 Å². The lowest BCUT2D eigenvalue weighted by atomic mass is 10.0. The number of likely N-dealkylation sites (tertiary alicyclic amines) is 1. The predicted octanol–water partition coefficient (Wildman–Crippen LogP) is 1.23. The number of rotatable bonds is 3. The lowest BCUT2D eigenvalue weighted by molar-refractivity contribution is -0.150. The number of carbonyl (C=O) groups is 2. The topological polar surface area (TPSA) is 63.4 Å². The third kappa shape index (κ3) is 2.36. The summed E-state index contributed by atoms with van der Waals surface area (Å²) >= 11 is 0. The molecule has 1 aromatic carbocycles. The molecule has 4 heteroatoms. The largest absolute Gasteiger partial charge is 0.328 e. The van der Waals surface area contributed by atoms with E-state index in [1.54, 1.807) is 0 Å².